The van der Waals surface area contributed by atoms with Crippen LogP contribution in [0.15, 0.2) is 60.7 Å². The molecule has 0 aliphatic carbocycles. The lowest BCUT2D eigenvalue weighted by atomic mass is 9.78. The highest BCUT2D eigenvalue weighted by atomic mass is 16.4. The predicted octanol–water partition coefficient (Wildman–Crippen LogP) is 2.87. The van der Waals surface area contributed by atoms with E-state index in [0.717, 1.165) is 11.1 Å². The molecule has 0 saturated carbocycles. The van der Waals surface area contributed by atoms with Crippen LogP contribution >= 0.6 is 0 Å². The number of ketones is 1. The second-order valence-corrected chi connectivity index (χ2v) is 7.96. The third-order valence-corrected chi connectivity index (χ3v) is 6.00. The van der Waals surface area contributed by atoms with E-state index in [2.05, 4.69) is 5.32 Å². The second kappa shape index (κ2) is 9.22. The second-order valence-electron chi connectivity index (χ2n) is 7.96. The number of carboxylic acids is 1. The number of aliphatic carboxylic acids is 1. The van der Waals surface area contributed by atoms with Crippen molar-refractivity contribution in [2.24, 2.45) is 11.8 Å². The molecule has 0 bridgehead atoms. The molecule has 1 aliphatic rings. The molecule has 3 atom stereocenters. The van der Waals surface area contributed by atoms with E-state index in [1.54, 1.807) is 11.9 Å². The molecule has 2 aromatic carbocycles. The maximum Gasteiger partial charge on any atom is 0.303 e. The van der Waals surface area contributed by atoms with Gasteiger partial charge in [-0.25, -0.2) is 0 Å². The van der Waals surface area contributed by atoms with Crippen LogP contribution in [0.5, 0.6) is 0 Å². The SMILES string of the molecule is CN[C@@]1(Cc2ccccc2)[C@@H](CC(=O)O)[C@H](CC(C)=O)C(=O)N1Cc1ccccc1. The van der Waals surface area contributed by atoms with Crippen molar-refractivity contribution >= 4 is 17.7 Å². The Kier molecular flexibility index (Phi) is 6.67. The molecule has 1 saturated heterocycles. The van der Waals surface area contributed by atoms with Crippen molar-refractivity contribution < 1.29 is 19.5 Å². The molecule has 2 N–H and O–H groups in total. The molecule has 30 heavy (non-hydrogen) atoms. The minimum absolute atomic E-state index is 0.0420. The van der Waals surface area contributed by atoms with Crippen molar-refractivity contribution in [2.75, 3.05) is 7.05 Å². The van der Waals surface area contributed by atoms with Gasteiger partial charge in [0.1, 0.15) is 11.4 Å². The van der Waals surface area contributed by atoms with Crippen molar-refractivity contribution in [3.63, 3.8) is 0 Å². The van der Waals surface area contributed by atoms with Crippen molar-refractivity contribution in [3.05, 3.63) is 71.8 Å². The molecule has 1 fully saturated rings. The highest BCUT2D eigenvalue weighted by Gasteiger charge is 2.58. The summed E-state index contributed by atoms with van der Waals surface area (Å²) < 4.78 is 0. The van der Waals surface area contributed by atoms with Crippen LogP contribution in [0.4, 0.5) is 0 Å². The average molecular weight is 408 g/mol. The molecule has 158 valence electrons. The van der Waals surface area contributed by atoms with Gasteiger partial charge >= 0.3 is 5.97 Å². The fourth-order valence-corrected chi connectivity index (χ4v) is 4.67. The first-order valence-electron chi connectivity index (χ1n) is 10.2. The number of carbonyl (C=O) groups excluding carboxylic acids is 2. The fraction of sp³-hybridized carbons (Fsp3) is 0.375. The molecule has 0 aromatic heterocycles. The third kappa shape index (κ3) is 4.44. The van der Waals surface area contributed by atoms with Gasteiger partial charge in [0.25, 0.3) is 0 Å². The normalized spacial score (nSPS) is 23.5. The minimum atomic E-state index is -0.976. The van der Waals surface area contributed by atoms with Crippen molar-refractivity contribution in [1.82, 2.24) is 10.2 Å². The van der Waals surface area contributed by atoms with E-state index in [1.807, 2.05) is 60.7 Å². The lowest BCUT2D eigenvalue weighted by Crippen LogP contribution is -2.60. The van der Waals surface area contributed by atoms with Gasteiger partial charge in [0, 0.05) is 25.3 Å². The van der Waals surface area contributed by atoms with Gasteiger partial charge in [-0.3, -0.25) is 14.9 Å². The van der Waals surface area contributed by atoms with Gasteiger partial charge in [-0.05, 0) is 25.1 Å². The quantitative estimate of drug-likeness (QED) is 0.666. The number of nitrogens with zero attached hydrogens (tertiary/aromatic N) is 1. The highest BCUT2D eigenvalue weighted by Crippen LogP contribution is 2.44. The molecule has 1 heterocycles. The van der Waals surface area contributed by atoms with Gasteiger partial charge in [-0.2, -0.15) is 0 Å². The van der Waals surface area contributed by atoms with E-state index in [1.165, 1.54) is 6.92 Å². The van der Waals surface area contributed by atoms with Crippen LogP contribution in [-0.2, 0) is 27.3 Å². The van der Waals surface area contributed by atoms with Crippen molar-refractivity contribution in [1.29, 1.82) is 0 Å². The number of likely N-dealkylation sites (N-methyl/N-ethyl adjacent to an activating group) is 1. The first-order valence-corrected chi connectivity index (χ1v) is 10.2. The predicted molar refractivity (Wildman–Crippen MR) is 113 cm³/mol. The highest BCUT2D eigenvalue weighted by molar-refractivity contribution is 5.89. The topological polar surface area (TPSA) is 86.7 Å². The summed E-state index contributed by atoms with van der Waals surface area (Å²) in [6, 6.07) is 19.3. The lowest BCUT2D eigenvalue weighted by molar-refractivity contribution is -0.140. The monoisotopic (exact) mass is 408 g/mol. The first kappa shape index (κ1) is 21.7. The van der Waals surface area contributed by atoms with Gasteiger partial charge in [-0.15, -0.1) is 0 Å². The van der Waals surface area contributed by atoms with Gasteiger partial charge in [0.2, 0.25) is 5.91 Å². The zero-order chi connectivity index (χ0) is 21.7. The molecule has 0 unspecified atom stereocenters. The van der Waals surface area contributed by atoms with Crippen LogP contribution in [0.2, 0.25) is 0 Å². The van der Waals surface area contributed by atoms with Crippen LogP contribution in [0, 0.1) is 11.8 Å². The number of likely N-dealkylation sites (tertiary alicyclic amines) is 1. The van der Waals surface area contributed by atoms with Gasteiger partial charge in [0.05, 0.1) is 12.3 Å². The summed E-state index contributed by atoms with van der Waals surface area (Å²) in [7, 11) is 1.76. The van der Waals surface area contributed by atoms with E-state index >= 15 is 0 Å². The van der Waals surface area contributed by atoms with E-state index in [0.29, 0.717) is 13.0 Å². The van der Waals surface area contributed by atoms with Gasteiger partial charge in [-0.1, -0.05) is 60.7 Å². The van der Waals surface area contributed by atoms with E-state index in [4.69, 9.17) is 0 Å². The zero-order valence-electron chi connectivity index (χ0n) is 17.4. The number of benzene rings is 2. The molecule has 3 rings (SSSR count). The molecule has 0 radical (unpaired) electrons. The van der Waals surface area contributed by atoms with Crippen LogP contribution in [0.3, 0.4) is 0 Å². The first-order chi connectivity index (χ1) is 14.4. The van der Waals surface area contributed by atoms with E-state index in [-0.39, 0.29) is 24.5 Å². The van der Waals surface area contributed by atoms with Crippen LogP contribution < -0.4 is 5.32 Å². The summed E-state index contributed by atoms with van der Waals surface area (Å²) >= 11 is 0. The molecular weight excluding hydrogens is 380 g/mol. The molecule has 1 aliphatic heterocycles. The lowest BCUT2D eigenvalue weighted by Gasteiger charge is -2.42. The Balaban J connectivity index is 2.10. The molecular formula is C24H28N2O4. The summed E-state index contributed by atoms with van der Waals surface area (Å²) in [5, 5.41) is 13.0. The van der Waals surface area contributed by atoms with E-state index < -0.39 is 23.5 Å². The van der Waals surface area contributed by atoms with Gasteiger partial charge in [0.15, 0.2) is 0 Å². The Morgan fingerprint density at radius 2 is 1.57 bits per heavy atom. The summed E-state index contributed by atoms with van der Waals surface area (Å²) in [4.78, 5) is 39.0. The van der Waals surface area contributed by atoms with Crippen LogP contribution in [0.1, 0.15) is 30.9 Å². The maximum absolute atomic E-state index is 13.5. The zero-order valence-corrected chi connectivity index (χ0v) is 17.4. The van der Waals surface area contributed by atoms with Crippen LogP contribution in [-0.4, -0.2) is 40.4 Å². The Hall–Kier alpha value is -2.99. The largest absolute Gasteiger partial charge is 0.481 e. The van der Waals surface area contributed by atoms with Gasteiger partial charge < -0.3 is 14.8 Å². The Morgan fingerprint density at radius 1 is 1.00 bits per heavy atom. The smallest absolute Gasteiger partial charge is 0.303 e. The summed E-state index contributed by atoms with van der Waals surface area (Å²) in [6.07, 6.45) is 0.304. The number of carboxylic acid groups (broad SMARTS) is 1. The Bertz CT molecular complexity index is 900. The Labute approximate surface area is 176 Å². The number of amides is 1. The summed E-state index contributed by atoms with van der Waals surface area (Å²) in [5.74, 6) is -2.48. The number of hydrogen-bond acceptors (Lipinski definition) is 4. The number of nitrogens with one attached hydrogen (secondary N) is 1. The van der Waals surface area contributed by atoms with Crippen molar-refractivity contribution in [3.8, 4) is 0 Å². The number of rotatable bonds is 9. The minimum Gasteiger partial charge on any atom is -0.481 e. The standard InChI is InChI=1S/C24H28N2O4/c1-17(27)13-20-21(14-22(28)29)24(25-2,15-18-9-5-3-6-10-18)26(23(20)30)16-19-11-7-4-8-12-19/h3-12,20-21,25H,13-16H2,1-2H3,(H,28,29)/t20-,21-,24+/m0/s1. The summed E-state index contributed by atoms with van der Waals surface area (Å²) in [6.45, 7) is 1.79. The maximum atomic E-state index is 13.5. The molecule has 0 spiro atoms. The third-order valence-electron chi connectivity index (χ3n) is 6.00. The molecule has 6 heteroatoms. The van der Waals surface area contributed by atoms with Crippen molar-refractivity contribution in [2.45, 2.75) is 38.4 Å². The number of Topliss-reactive ketones (excluding diaryl/α,β-unsaturated/α-hetero) is 1. The average Bonchev–Trinajstić information content (AvgIpc) is 2.92. The fourth-order valence-electron chi connectivity index (χ4n) is 4.67. The number of hydrogen-bond donors (Lipinski definition) is 2. The molecule has 2 aromatic rings. The Morgan fingerprint density at radius 3 is 2.07 bits per heavy atom. The molecule has 1 amide bonds. The van der Waals surface area contributed by atoms with E-state index in [9.17, 15) is 19.5 Å². The van der Waals surface area contributed by atoms with Crippen LogP contribution in [0.25, 0.3) is 0 Å². The number of carbonyl (C=O) groups is 3. The molecule has 6 nitrogen and oxygen atoms in total. The summed E-state index contributed by atoms with van der Waals surface area (Å²) in [5.41, 5.74) is 1.04.